The Morgan fingerprint density at radius 3 is 1.07 bits per heavy atom. The van der Waals surface area contributed by atoms with E-state index in [2.05, 4.69) is 0 Å². The summed E-state index contributed by atoms with van der Waals surface area (Å²) in [6, 6.07) is 0. The zero-order valence-electron chi connectivity index (χ0n) is 10.5. The molecule has 0 spiro atoms. The molecule has 86 valence electrons. The summed E-state index contributed by atoms with van der Waals surface area (Å²) in [5.41, 5.74) is -0.171. The molecule has 0 amide bonds. The average Bonchev–Trinajstić information content (AvgIpc) is 1.95. The first-order valence-electron chi connectivity index (χ1n) is 5.41. The van der Waals surface area contributed by atoms with Gasteiger partial charge in [0.2, 0.25) is 0 Å². The molecule has 0 rings (SSSR count). The second-order valence-electron chi connectivity index (χ2n) is 6.34. The standard InChI is InChI=1S/C12H26O2/c1-11(2,3)9(13)7-8-10(14)12(4,5)6/h9-10,13-14H,7-8H2,1-6H3. The van der Waals surface area contributed by atoms with E-state index >= 15 is 0 Å². The molecule has 0 aliphatic carbocycles. The molecule has 2 atom stereocenters. The second kappa shape index (κ2) is 4.63. The van der Waals surface area contributed by atoms with Crippen LogP contribution < -0.4 is 0 Å². The van der Waals surface area contributed by atoms with E-state index in [9.17, 15) is 10.2 Å². The van der Waals surface area contributed by atoms with Gasteiger partial charge in [0, 0.05) is 0 Å². The van der Waals surface area contributed by atoms with Crippen LogP contribution in [0.4, 0.5) is 0 Å². The quantitative estimate of drug-likeness (QED) is 0.738. The molecule has 0 aromatic carbocycles. The van der Waals surface area contributed by atoms with Gasteiger partial charge in [-0.2, -0.15) is 0 Å². The van der Waals surface area contributed by atoms with E-state index < -0.39 is 0 Å². The van der Waals surface area contributed by atoms with E-state index in [4.69, 9.17) is 0 Å². The van der Waals surface area contributed by atoms with Crippen molar-refractivity contribution in [2.24, 2.45) is 10.8 Å². The molecule has 0 saturated carbocycles. The monoisotopic (exact) mass is 202 g/mol. The SMILES string of the molecule is CC(C)(C)C(O)CCC(O)C(C)(C)C. The molecular formula is C12H26O2. The van der Waals surface area contributed by atoms with Crippen molar-refractivity contribution in [3.05, 3.63) is 0 Å². The van der Waals surface area contributed by atoms with Gasteiger partial charge in [0.05, 0.1) is 12.2 Å². The van der Waals surface area contributed by atoms with Crippen LogP contribution in [0, 0.1) is 10.8 Å². The first kappa shape index (κ1) is 13.9. The molecule has 0 aromatic heterocycles. The zero-order chi connectivity index (χ0) is 11.6. The van der Waals surface area contributed by atoms with E-state index in [1.165, 1.54) is 0 Å². The summed E-state index contributed by atoms with van der Waals surface area (Å²) < 4.78 is 0. The molecule has 14 heavy (non-hydrogen) atoms. The first-order chi connectivity index (χ1) is 6.05. The number of aliphatic hydroxyl groups is 2. The molecule has 2 nitrogen and oxygen atoms in total. The molecule has 0 saturated heterocycles. The molecule has 0 aromatic rings. The molecule has 2 unspecified atom stereocenters. The van der Waals surface area contributed by atoms with Crippen molar-refractivity contribution in [3.63, 3.8) is 0 Å². The summed E-state index contributed by atoms with van der Waals surface area (Å²) in [6.45, 7) is 12.1. The maximum absolute atomic E-state index is 9.79. The lowest BCUT2D eigenvalue weighted by Gasteiger charge is -2.30. The van der Waals surface area contributed by atoms with Crippen molar-refractivity contribution < 1.29 is 10.2 Å². The molecule has 0 bridgehead atoms. The maximum Gasteiger partial charge on any atom is 0.0589 e. The molecule has 0 radical (unpaired) electrons. The minimum absolute atomic E-state index is 0.0857. The Morgan fingerprint density at radius 1 is 0.714 bits per heavy atom. The largest absolute Gasteiger partial charge is 0.393 e. The van der Waals surface area contributed by atoms with Crippen LogP contribution in [-0.2, 0) is 0 Å². The van der Waals surface area contributed by atoms with Crippen LogP contribution in [0.2, 0.25) is 0 Å². The second-order valence-corrected chi connectivity index (χ2v) is 6.34. The van der Waals surface area contributed by atoms with Crippen molar-refractivity contribution in [2.75, 3.05) is 0 Å². The molecule has 2 N–H and O–H groups in total. The molecule has 2 heteroatoms. The topological polar surface area (TPSA) is 40.5 Å². The Kier molecular flexibility index (Phi) is 4.60. The van der Waals surface area contributed by atoms with Crippen LogP contribution in [0.3, 0.4) is 0 Å². The maximum atomic E-state index is 9.79. The Hall–Kier alpha value is -0.0800. The third kappa shape index (κ3) is 4.97. The van der Waals surface area contributed by atoms with Crippen molar-refractivity contribution in [1.29, 1.82) is 0 Å². The highest BCUT2D eigenvalue weighted by molar-refractivity contribution is 4.78. The van der Waals surface area contributed by atoms with E-state index in [1.807, 2.05) is 41.5 Å². The predicted octanol–water partition coefficient (Wildman–Crippen LogP) is 2.58. The zero-order valence-corrected chi connectivity index (χ0v) is 10.5. The van der Waals surface area contributed by atoms with Gasteiger partial charge in [-0.1, -0.05) is 41.5 Å². The van der Waals surface area contributed by atoms with Crippen molar-refractivity contribution in [1.82, 2.24) is 0 Å². The van der Waals surface area contributed by atoms with Crippen molar-refractivity contribution >= 4 is 0 Å². The van der Waals surface area contributed by atoms with E-state index in [1.54, 1.807) is 0 Å². The van der Waals surface area contributed by atoms with Crippen LogP contribution in [0.5, 0.6) is 0 Å². The third-order valence-corrected chi connectivity index (χ3v) is 2.71. The summed E-state index contributed by atoms with van der Waals surface area (Å²) >= 11 is 0. The molecule has 0 aliphatic heterocycles. The normalized spacial score (nSPS) is 18.0. The summed E-state index contributed by atoms with van der Waals surface area (Å²) in [5, 5.41) is 19.6. The van der Waals surface area contributed by atoms with Gasteiger partial charge in [-0.05, 0) is 23.7 Å². The fourth-order valence-corrected chi connectivity index (χ4v) is 1.18. The molecule has 0 fully saturated rings. The molecule has 0 aliphatic rings. The smallest absolute Gasteiger partial charge is 0.0589 e. The Morgan fingerprint density at radius 2 is 0.929 bits per heavy atom. The van der Waals surface area contributed by atoms with Gasteiger partial charge in [0.15, 0.2) is 0 Å². The minimum Gasteiger partial charge on any atom is -0.393 e. The van der Waals surface area contributed by atoms with Crippen LogP contribution in [0.1, 0.15) is 54.4 Å². The van der Waals surface area contributed by atoms with Gasteiger partial charge in [-0.15, -0.1) is 0 Å². The fraction of sp³-hybridized carbons (Fsp3) is 1.00. The van der Waals surface area contributed by atoms with Gasteiger partial charge in [-0.3, -0.25) is 0 Å². The number of hydrogen-bond donors (Lipinski definition) is 2. The highest BCUT2D eigenvalue weighted by Crippen LogP contribution is 2.27. The average molecular weight is 202 g/mol. The van der Waals surface area contributed by atoms with Crippen molar-refractivity contribution in [2.45, 2.75) is 66.6 Å². The first-order valence-corrected chi connectivity index (χ1v) is 5.41. The summed E-state index contributed by atoms with van der Waals surface area (Å²) in [6.07, 6.45) is 0.670. The lowest BCUT2D eigenvalue weighted by Crippen LogP contribution is -2.31. The van der Waals surface area contributed by atoms with E-state index in [-0.39, 0.29) is 23.0 Å². The van der Waals surface area contributed by atoms with Gasteiger partial charge in [0.1, 0.15) is 0 Å². The summed E-state index contributed by atoms with van der Waals surface area (Å²) in [4.78, 5) is 0. The van der Waals surface area contributed by atoms with Crippen LogP contribution in [-0.4, -0.2) is 22.4 Å². The van der Waals surface area contributed by atoms with Crippen molar-refractivity contribution in [3.8, 4) is 0 Å². The lowest BCUT2D eigenvalue weighted by molar-refractivity contribution is 0.0115. The van der Waals surface area contributed by atoms with Gasteiger partial charge >= 0.3 is 0 Å². The van der Waals surface area contributed by atoms with Gasteiger partial charge in [0.25, 0.3) is 0 Å². The van der Waals surface area contributed by atoms with E-state index in [0.717, 1.165) is 0 Å². The van der Waals surface area contributed by atoms with Crippen LogP contribution in [0.25, 0.3) is 0 Å². The third-order valence-electron chi connectivity index (χ3n) is 2.71. The van der Waals surface area contributed by atoms with E-state index in [0.29, 0.717) is 12.8 Å². The molecule has 0 heterocycles. The number of aliphatic hydroxyl groups excluding tert-OH is 2. The Balaban J connectivity index is 3.96. The minimum atomic E-state index is -0.334. The van der Waals surface area contributed by atoms with Gasteiger partial charge < -0.3 is 10.2 Å². The number of rotatable bonds is 3. The summed E-state index contributed by atoms with van der Waals surface area (Å²) in [7, 11) is 0. The van der Waals surface area contributed by atoms with Gasteiger partial charge in [-0.25, -0.2) is 0 Å². The molecular weight excluding hydrogens is 176 g/mol. The van der Waals surface area contributed by atoms with Crippen LogP contribution in [0.15, 0.2) is 0 Å². The summed E-state index contributed by atoms with van der Waals surface area (Å²) in [5.74, 6) is 0. The Labute approximate surface area is 88.3 Å². The number of hydrogen-bond acceptors (Lipinski definition) is 2. The lowest BCUT2D eigenvalue weighted by atomic mass is 9.81. The highest BCUT2D eigenvalue weighted by atomic mass is 16.3. The highest BCUT2D eigenvalue weighted by Gasteiger charge is 2.26. The Bertz CT molecular complexity index is 142. The fourth-order valence-electron chi connectivity index (χ4n) is 1.18. The van der Waals surface area contributed by atoms with Crippen LogP contribution >= 0.6 is 0 Å². The predicted molar refractivity (Wildman–Crippen MR) is 60.2 cm³/mol.